The van der Waals surface area contributed by atoms with Crippen molar-refractivity contribution >= 4 is 17.7 Å². The lowest BCUT2D eigenvalue weighted by molar-refractivity contribution is 0.0431. The number of nitrogens with zero attached hydrogens (tertiary/aromatic N) is 1. The Morgan fingerprint density at radius 2 is 1.92 bits per heavy atom. The molecule has 0 aliphatic carbocycles. The molecule has 2 rings (SSSR count). The van der Waals surface area contributed by atoms with Crippen molar-refractivity contribution in [2.75, 3.05) is 26.2 Å². The minimum absolute atomic E-state index is 0.709. The Morgan fingerprint density at radius 3 is 2.65 bits per heavy atom. The van der Waals surface area contributed by atoms with Crippen molar-refractivity contribution in [1.29, 1.82) is 0 Å². The summed E-state index contributed by atoms with van der Waals surface area (Å²) in [6.45, 7) is 6.35. The minimum Gasteiger partial charge on any atom is -0.301 e. The van der Waals surface area contributed by atoms with Crippen molar-refractivity contribution in [3.8, 4) is 0 Å². The Labute approximate surface area is 164 Å². The molecule has 4 heteroatoms. The lowest BCUT2D eigenvalue weighted by atomic mass is 10.1. The van der Waals surface area contributed by atoms with Gasteiger partial charge in [-0.1, -0.05) is 62.1 Å². The molecule has 1 N–H and O–H groups in total. The fourth-order valence-electron chi connectivity index (χ4n) is 3.05. The first kappa shape index (κ1) is 21.0. The predicted octanol–water partition coefficient (Wildman–Crippen LogP) is 5.82. The maximum Gasteiger partial charge on any atom is 0.0873 e. The van der Waals surface area contributed by atoms with E-state index in [2.05, 4.69) is 35.5 Å². The third-order valence-corrected chi connectivity index (χ3v) is 4.90. The van der Waals surface area contributed by atoms with Crippen LogP contribution in [0.25, 0.3) is 6.08 Å². The molecule has 1 aromatic carbocycles. The van der Waals surface area contributed by atoms with E-state index >= 15 is 0 Å². The van der Waals surface area contributed by atoms with Crippen LogP contribution in [0.1, 0.15) is 57.4 Å². The van der Waals surface area contributed by atoms with Crippen LogP contribution in [0.3, 0.4) is 0 Å². The van der Waals surface area contributed by atoms with Crippen LogP contribution in [0, 0.1) is 0 Å². The van der Waals surface area contributed by atoms with Crippen molar-refractivity contribution in [1.82, 2.24) is 10.4 Å². The molecule has 0 radical (unpaired) electrons. The van der Waals surface area contributed by atoms with E-state index < -0.39 is 0 Å². The molecule has 1 fully saturated rings. The number of unbranched alkanes of at least 4 members (excludes halogenated alkanes) is 3. The van der Waals surface area contributed by atoms with Gasteiger partial charge in [0.2, 0.25) is 0 Å². The lowest BCUT2D eigenvalue weighted by Gasteiger charge is -2.26. The first-order chi connectivity index (χ1) is 12.8. The van der Waals surface area contributed by atoms with Gasteiger partial charge in [-0.2, -0.15) is 0 Å². The second kappa shape index (κ2) is 13.0. The molecule has 0 aromatic heterocycles. The lowest BCUT2D eigenvalue weighted by Crippen LogP contribution is -2.33. The summed E-state index contributed by atoms with van der Waals surface area (Å²) < 4.78 is 0. The van der Waals surface area contributed by atoms with Gasteiger partial charge in [-0.05, 0) is 62.5 Å². The first-order valence-corrected chi connectivity index (χ1v) is 10.4. The average Bonchev–Trinajstić information content (AvgIpc) is 2.68. The van der Waals surface area contributed by atoms with Gasteiger partial charge in [-0.3, -0.25) is 10.3 Å². The van der Waals surface area contributed by atoms with Gasteiger partial charge in [0.15, 0.2) is 0 Å². The van der Waals surface area contributed by atoms with Crippen LogP contribution in [-0.4, -0.2) is 31.1 Å². The van der Waals surface area contributed by atoms with Crippen LogP contribution < -0.4 is 5.48 Å². The fraction of sp³-hybridized carbons (Fsp3) is 0.545. The zero-order valence-electron chi connectivity index (χ0n) is 16.1. The summed E-state index contributed by atoms with van der Waals surface area (Å²) >= 11 is 5.95. The molecule has 144 valence electrons. The Bertz CT molecular complexity index is 548. The van der Waals surface area contributed by atoms with E-state index in [4.69, 9.17) is 16.4 Å². The monoisotopic (exact) mass is 376 g/mol. The summed E-state index contributed by atoms with van der Waals surface area (Å²) in [7, 11) is 0. The van der Waals surface area contributed by atoms with Crippen molar-refractivity contribution in [3.05, 3.63) is 52.7 Å². The summed E-state index contributed by atoms with van der Waals surface area (Å²) in [5.74, 6) is 0. The molecule has 1 aliphatic heterocycles. The Hall–Kier alpha value is -1.29. The van der Waals surface area contributed by atoms with E-state index in [-0.39, 0.29) is 0 Å². The third-order valence-electron chi connectivity index (χ3n) is 4.65. The van der Waals surface area contributed by atoms with Gasteiger partial charge in [-0.25, -0.2) is 0 Å². The van der Waals surface area contributed by atoms with Crippen molar-refractivity contribution in [2.45, 2.75) is 51.9 Å². The van der Waals surface area contributed by atoms with Crippen LogP contribution >= 0.6 is 11.6 Å². The van der Waals surface area contributed by atoms with E-state index in [1.807, 2.05) is 24.3 Å². The topological polar surface area (TPSA) is 24.5 Å². The second-order valence-electron chi connectivity index (χ2n) is 6.89. The molecule has 0 unspecified atom stereocenters. The molecule has 1 aromatic rings. The van der Waals surface area contributed by atoms with Crippen molar-refractivity contribution < 1.29 is 4.84 Å². The molecule has 0 atom stereocenters. The first-order valence-electron chi connectivity index (χ1n) is 10.0. The standard InChI is InChI=1S/C22H33ClN2O/c1-2-3-4-6-9-22(15-12-20-10-13-21(23)14-11-20)24-26-19-18-25-16-7-5-8-17-25/h9-15,24H,2-8,16-19H2,1H3. The normalized spacial score (nSPS) is 16.3. The molecule has 1 aliphatic rings. The highest BCUT2D eigenvalue weighted by atomic mass is 35.5. The smallest absolute Gasteiger partial charge is 0.0873 e. The van der Waals surface area contributed by atoms with E-state index in [0.717, 1.165) is 29.2 Å². The summed E-state index contributed by atoms with van der Waals surface area (Å²) in [4.78, 5) is 8.22. The Balaban J connectivity index is 1.80. The molecule has 26 heavy (non-hydrogen) atoms. The molecule has 0 saturated carbocycles. The molecule has 1 heterocycles. The maximum absolute atomic E-state index is 5.95. The second-order valence-corrected chi connectivity index (χ2v) is 7.33. The number of halogens is 1. The van der Waals surface area contributed by atoms with E-state index in [1.165, 1.54) is 51.6 Å². The van der Waals surface area contributed by atoms with Crippen LogP contribution in [0.15, 0.2) is 42.1 Å². The van der Waals surface area contributed by atoms with Gasteiger partial charge < -0.3 is 4.90 Å². The average molecular weight is 377 g/mol. The number of rotatable bonds is 11. The number of likely N-dealkylation sites (tertiary alicyclic amines) is 1. The largest absolute Gasteiger partial charge is 0.301 e. The van der Waals surface area contributed by atoms with Crippen molar-refractivity contribution in [2.24, 2.45) is 0 Å². The molecular formula is C22H33ClN2O. The van der Waals surface area contributed by atoms with Crippen LogP contribution in [0.5, 0.6) is 0 Å². The highest BCUT2D eigenvalue weighted by Gasteiger charge is 2.09. The van der Waals surface area contributed by atoms with E-state index in [9.17, 15) is 0 Å². The SMILES string of the molecule is CCCCCC=C(C=Cc1ccc(Cl)cc1)NOCCN1CCCCC1. The number of nitrogens with one attached hydrogen (secondary N) is 1. The molecule has 0 amide bonds. The number of hydroxylamine groups is 1. The van der Waals surface area contributed by atoms with E-state index in [1.54, 1.807) is 0 Å². The summed E-state index contributed by atoms with van der Waals surface area (Å²) in [5.41, 5.74) is 5.29. The highest BCUT2D eigenvalue weighted by Crippen LogP contribution is 2.12. The molecule has 1 saturated heterocycles. The molecule has 0 bridgehead atoms. The third kappa shape index (κ3) is 8.88. The highest BCUT2D eigenvalue weighted by molar-refractivity contribution is 6.30. The van der Waals surface area contributed by atoms with Crippen LogP contribution in [0.2, 0.25) is 5.02 Å². The number of piperidine rings is 1. The van der Waals surface area contributed by atoms with Gasteiger partial charge in [0.1, 0.15) is 0 Å². The molecule has 3 nitrogen and oxygen atoms in total. The van der Waals surface area contributed by atoms with E-state index in [0.29, 0.717) is 6.61 Å². The van der Waals surface area contributed by atoms with Crippen LogP contribution in [-0.2, 0) is 4.84 Å². The minimum atomic E-state index is 0.709. The summed E-state index contributed by atoms with van der Waals surface area (Å²) in [5, 5.41) is 0.761. The molecular weight excluding hydrogens is 344 g/mol. The Morgan fingerprint density at radius 1 is 1.15 bits per heavy atom. The van der Waals surface area contributed by atoms with Gasteiger partial charge in [0.05, 0.1) is 12.3 Å². The maximum atomic E-state index is 5.95. The van der Waals surface area contributed by atoms with Crippen LogP contribution in [0.4, 0.5) is 0 Å². The summed E-state index contributed by atoms with van der Waals surface area (Å²) in [6, 6.07) is 7.86. The van der Waals surface area contributed by atoms with Crippen molar-refractivity contribution in [3.63, 3.8) is 0 Å². The van der Waals surface area contributed by atoms with Gasteiger partial charge in [-0.15, -0.1) is 0 Å². The Kier molecular flexibility index (Phi) is 10.5. The number of hydrogen-bond acceptors (Lipinski definition) is 3. The number of hydrogen-bond donors (Lipinski definition) is 1. The number of allylic oxidation sites excluding steroid dienone is 2. The van der Waals surface area contributed by atoms with Gasteiger partial charge >= 0.3 is 0 Å². The zero-order chi connectivity index (χ0) is 18.5. The zero-order valence-corrected chi connectivity index (χ0v) is 16.8. The number of benzene rings is 1. The van der Waals surface area contributed by atoms with Gasteiger partial charge in [0, 0.05) is 11.6 Å². The van der Waals surface area contributed by atoms with Gasteiger partial charge in [0.25, 0.3) is 0 Å². The quantitative estimate of drug-likeness (QED) is 0.299. The summed E-state index contributed by atoms with van der Waals surface area (Å²) in [6.07, 6.45) is 15.2. The predicted molar refractivity (Wildman–Crippen MR) is 112 cm³/mol. The fourth-order valence-corrected chi connectivity index (χ4v) is 3.17. The molecule has 0 spiro atoms.